The third kappa shape index (κ3) is 10.1. The second kappa shape index (κ2) is 11.0. The first-order valence-corrected chi connectivity index (χ1v) is 6.53. The van der Waals surface area contributed by atoms with Gasteiger partial charge in [-0.2, -0.15) is 5.10 Å². The van der Waals surface area contributed by atoms with Crippen LogP contribution in [0.3, 0.4) is 0 Å². The summed E-state index contributed by atoms with van der Waals surface area (Å²) in [6.07, 6.45) is 3.92. The summed E-state index contributed by atoms with van der Waals surface area (Å²) >= 11 is 0. The first-order chi connectivity index (χ1) is 10.4. The number of aliphatic carboxylic acids is 2. The molecule has 120 valence electrons. The molecule has 0 saturated heterocycles. The molecule has 0 aliphatic heterocycles. The summed E-state index contributed by atoms with van der Waals surface area (Å²) in [6, 6.07) is 3.70. The SMILES string of the molecule is CCCC(=O)NN=C(C)c1ccncc1.O=C(O)CC(=O)O. The molecule has 1 heterocycles. The number of nitrogens with zero attached hydrogens (tertiary/aromatic N) is 2. The average Bonchev–Trinajstić information content (AvgIpc) is 2.45. The lowest BCUT2D eigenvalue weighted by Crippen LogP contribution is -2.18. The minimum Gasteiger partial charge on any atom is -0.481 e. The van der Waals surface area contributed by atoms with E-state index in [-0.39, 0.29) is 5.91 Å². The van der Waals surface area contributed by atoms with E-state index in [2.05, 4.69) is 15.5 Å². The van der Waals surface area contributed by atoms with Gasteiger partial charge in [0, 0.05) is 24.4 Å². The van der Waals surface area contributed by atoms with Crippen LogP contribution in [0.25, 0.3) is 0 Å². The van der Waals surface area contributed by atoms with Crippen LogP contribution in [0.2, 0.25) is 0 Å². The van der Waals surface area contributed by atoms with Crippen molar-refractivity contribution in [2.45, 2.75) is 33.1 Å². The summed E-state index contributed by atoms with van der Waals surface area (Å²) in [5.41, 5.74) is 4.25. The van der Waals surface area contributed by atoms with E-state index in [1.54, 1.807) is 12.4 Å². The topological polar surface area (TPSA) is 129 Å². The molecule has 0 aromatic carbocycles. The van der Waals surface area contributed by atoms with Gasteiger partial charge in [0.1, 0.15) is 6.42 Å². The van der Waals surface area contributed by atoms with Crippen molar-refractivity contribution >= 4 is 23.6 Å². The number of amides is 1. The predicted octanol–water partition coefficient (Wildman–Crippen LogP) is 1.27. The molecule has 0 spiro atoms. The lowest BCUT2D eigenvalue weighted by molar-refractivity contribution is -0.147. The maximum Gasteiger partial charge on any atom is 0.314 e. The zero-order valence-corrected chi connectivity index (χ0v) is 12.4. The van der Waals surface area contributed by atoms with Crippen LogP contribution in [0.5, 0.6) is 0 Å². The Balaban J connectivity index is 0.000000534. The maximum absolute atomic E-state index is 11.1. The van der Waals surface area contributed by atoms with Crippen molar-refractivity contribution in [1.82, 2.24) is 10.4 Å². The van der Waals surface area contributed by atoms with Crippen LogP contribution in [-0.2, 0) is 14.4 Å². The van der Waals surface area contributed by atoms with Gasteiger partial charge in [0.2, 0.25) is 5.91 Å². The molecule has 0 aliphatic carbocycles. The molecule has 0 unspecified atom stereocenters. The molecule has 1 amide bonds. The van der Waals surface area contributed by atoms with Gasteiger partial charge in [0.05, 0.1) is 5.71 Å². The predicted molar refractivity (Wildman–Crippen MR) is 79.4 cm³/mol. The molecule has 1 aromatic heterocycles. The van der Waals surface area contributed by atoms with Gasteiger partial charge in [-0.15, -0.1) is 0 Å². The molecule has 22 heavy (non-hydrogen) atoms. The van der Waals surface area contributed by atoms with E-state index < -0.39 is 18.4 Å². The Bertz CT molecular complexity index is 517. The number of hydrazone groups is 1. The van der Waals surface area contributed by atoms with Crippen molar-refractivity contribution in [2.24, 2.45) is 5.10 Å². The van der Waals surface area contributed by atoms with Gasteiger partial charge < -0.3 is 10.2 Å². The number of nitrogens with one attached hydrogen (secondary N) is 1. The quantitative estimate of drug-likeness (QED) is 0.412. The van der Waals surface area contributed by atoms with Crippen LogP contribution in [0.1, 0.15) is 38.7 Å². The van der Waals surface area contributed by atoms with E-state index in [4.69, 9.17) is 10.2 Å². The van der Waals surface area contributed by atoms with Gasteiger partial charge in [-0.3, -0.25) is 19.4 Å². The Morgan fingerprint density at radius 3 is 2.14 bits per heavy atom. The van der Waals surface area contributed by atoms with Gasteiger partial charge in [0.15, 0.2) is 0 Å². The normalized spacial score (nSPS) is 10.2. The fraction of sp³-hybridized carbons (Fsp3) is 0.357. The van der Waals surface area contributed by atoms with Crippen LogP contribution in [0.4, 0.5) is 0 Å². The van der Waals surface area contributed by atoms with E-state index in [1.807, 2.05) is 26.0 Å². The van der Waals surface area contributed by atoms with Crippen molar-refractivity contribution < 1.29 is 24.6 Å². The highest BCUT2D eigenvalue weighted by Crippen LogP contribution is 1.98. The zero-order valence-electron chi connectivity index (χ0n) is 12.4. The van der Waals surface area contributed by atoms with Crippen LogP contribution in [0, 0.1) is 0 Å². The van der Waals surface area contributed by atoms with Gasteiger partial charge in [-0.1, -0.05) is 6.92 Å². The minimum atomic E-state index is -1.31. The second-order valence-corrected chi connectivity index (χ2v) is 4.18. The molecule has 0 atom stereocenters. The lowest BCUT2D eigenvalue weighted by atomic mass is 10.2. The first-order valence-electron chi connectivity index (χ1n) is 6.53. The molecule has 1 rings (SSSR count). The highest BCUT2D eigenvalue weighted by atomic mass is 16.4. The van der Waals surface area contributed by atoms with Crippen molar-refractivity contribution in [2.75, 3.05) is 0 Å². The standard InChI is InChI=1S/C11H15N3O.C3H4O4/c1-3-4-11(15)14-13-9(2)10-5-7-12-8-6-10;4-2(5)1-3(6)7/h5-8H,3-4H2,1-2H3,(H,14,15);1H2,(H,4,5)(H,6,7). The van der Waals surface area contributed by atoms with Crippen molar-refractivity contribution in [3.05, 3.63) is 30.1 Å². The number of carboxylic acid groups (broad SMARTS) is 2. The summed E-state index contributed by atoms with van der Waals surface area (Å²) in [6.45, 7) is 3.81. The fourth-order valence-electron chi connectivity index (χ4n) is 1.22. The molecule has 0 aliphatic rings. The Labute approximate surface area is 127 Å². The Morgan fingerprint density at radius 2 is 1.73 bits per heavy atom. The lowest BCUT2D eigenvalue weighted by Gasteiger charge is -2.01. The van der Waals surface area contributed by atoms with Crippen molar-refractivity contribution in [1.29, 1.82) is 0 Å². The smallest absolute Gasteiger partial charge is 0.314 e. The largest absolute Gasteiger partial charge is 0.481 e. The molecule has 8 nitrogen and oxygen atoms in total. The second-order valence-electron chi connectivity index (χ2n) is 4.18. The third-order valence-corrected chi connectivity index (χ3v) is 2.23. The summed E-state index contributed by atoms with van der Waals surface area (Å²) < 4.78 is 0. The first kappa shape index (κ1) is 19.2. The number of carbonyl (C=O) groups is 3. The van der Waals surface area contributed by atoms with Gasteiger partial charge >= 0.3 is 11.9 Å². The number of carbonyl (C=O) groups excluding carboxylic acids is 1. The number of hydrogen-bond donors (Lipinski definition) is 3. The van der Waals surface area contributed by atoms with Gasteiger partial charge in [0.25, 0.3) is 0 Å². The molecule has 3 N–H and O–H groups in total. The Hall–Kier alpha value is -2.77. The van der Waals surface area contributed by atoms with Crippen LogP contribution in [-0.4, -0.2) is 38.8 Å². The molecule has 0 saturated carbocycles. The van der Waals surface area contributed by atoms with Gasteiger partial charge in [-0.05, 0) is 25.5 Å². The number of pyridine rings is 1. The summed E-state index contributed by atoms with van der Waals surface area (Å²) in [4.78, 5) is 33.9. The van der Waals surface area contributed by atoms with Crippen LogP contribution < -0.4 is 5.43 Å². The van der Waals surface area contributed by atoms with Crippen LogP contribution >= 0.6 is 0 Å². The summed E-state index contributed by atoms with van der Waals surface area (Å²) in [5, 5.41) is 19.4. The molecule has 0 bridgehead atoms. The van der Waals surface area contributed by atoms with Crippen molar-refractivity contribution in [3.8, 4) is 0 Å². The fourth-order valence-corrected chi connectivity index (χ4v) is 1.22. The molecule has 0 radical (unpaired) electrons. The Kier molecular flexibility index (Phi) is 9.57. The van der Waals surface area contributed by atoms with E-state index in [0.717, 1.165) is 17.7 Å². The maximum atomic E-state index is 11.1. The monoisotopic (exact) mass is 309 g/mol. The third-order valence-electron chi connectivity index (χ3n) is 2.23. The molecule has 0 fully saturated rings. The number of carboxylic acids is 2. The van der Waals surface area contributed by atoms with Gasteiger partial charge in [-0.25, -0.2) is 5.43 Å². The highest BCUT2D eigenvalue weighted by Gasteiger charge is 2.01. The highest BCUT2D eigenvalue weighted by molar-refractivity contribution is 5.99. The number of aromatic nitrogens is 1. The van der Waals surface area contributed by atoms with E-state index in [9.17, 15) is 14.4 Å². The summed E-state index contributed by atoms with van der Waals surface area (Å²) in [7, 11) is 0. The zero-order chi connectivity index (χ0) is 17.0. The van der Waals surface area contributed by atoms with Crippen LogP contribution in [0.15, 0.2) is 29.6 Å². The minimum absolute atomic E-state index is 0.0501. The molecular formula is C14H19N3O5. The van der Waals surface area contributed by atoms with Crippen molar-refractivity contribution in [3.63, 3.8) is 0 Å². The summed E-state index contributed by atoms with van der Waals surface area (Å²) in [5.74, 6) is -2.68. The van der Waals surface area contributed by atoms with E-state index in [0.29, 0.717) is 6.42 Å². The molecule has 1 aromatic rings. The molecule has 8 heteroatoms. The van der Waals surface area contributed by atoms with E-state index in [1.165, 1.54) is 0 Å². The average molecular weight is 309 g/mol. The number of hydrogen-bond acceptors (Lipinski definition) is 5. The Morgan fingerprint density at radius 1 is 1.18 bits per heavy atom. The van der Waals surface area contributed by atoms with E-state index >= 15 is 0 Å². The number of rotatable bonds is 6. The molecular weight excluding hydrogens is 290 g/mol.